The van der Waals surface area contributed by atoms with Crippen LogP contribution in [0.3, 0.4) is 0 Å². The van der Waals surface area contributed by atoms with Crippen molar-refractivity contribution in [3.05, 3.63) is 74.0 Å². The summed E-state index contributed by atoms with van der Waals surface area (Å²) in [5.41, 5.74) is 1.55. The number of hydrogen-bond donors (Lipinski definition) is 1. The molecular formula is C18H11Cl2NO3. The van der Waals surface area contributed by atoms with Crippen LogP contribution in [0.2, 0.25) is 10.0 Å². The molecule has 0 aliphatic carbocycles. The quantitative estimate of drug-likeness (QED) is 0.659. The Bertz CT molecular complexity index is 1040. The summed E-state index contributed by atoms with van der Waals surface area (Å²) in [4.78, 5) is 27.6. The minimum atomic E-state index is -0.427. The summed E-state index contributed by atoms with van der Waals surface area (Å²) in [5, 5.41) is 1.50. The van der Waals surface area contributed by atoms with E-state index >= 15 is 0 Å². The van der Waals surface area contributed by atoms with E-state index in [0.29, 0.717) is 32.3 Å². The van der Waals surface area contributed by atoms with Gasteiger partial charge in [0.1, 0.15) is 5.75 Å². The molecule has 1 atom stereocenters. The zero-order valence-corrected chi connectivity index (χ0v) is 13.8. The standard InChI is InChI=1S/C18H11Cl2NO3/c19-12-6-5-9(7-13(12)20)11-8-15(22)24-17-10-3-1-2-4-14(10)21-18(23)16(11)17/h1-7,11H,8H2,(H,21,23). The fraction of sp³-hybridized carbons (Fsp3) is 0.111. The Kier molecular flexibility index (Phi) is 3.59. The minimum absolute atomic E-state index is 0.0758. The van der Waals surface area contributed by atoms with E-state index < -0.39 is 5.92 Å². The number of carbonyl (C=O) groups excluding carboxylic acids is 1. The Hall–Kier alpha value is -2.30. The number of fused-ring (bicyclic) bond motifs is 3. The first-order chi connectivity index (χ1) is 11.5. The van der Waals surface area contributed by atoms with Gasteiger partial charge in [-0.15, -0.1) is 0 Å². The first-order valence-corrected chi connectivity index (χ1v) is 8.10. The summed E-state index contributed by atoms with van der Waals surface area (Å²) in [6, 6.07) is 12.3. The summed E-state index contributed by atoms with van der Waals surface area (Å²) in [6.45, 7) is 0. The van der Waals surface area contributed by atoms with Gasteiger partial charge >= 0.3 is 5.97 Å². The van der Waals surface area contributed by atoms with Gasteiger partial charge in [-0.05, 0) is 29.8 Å². The lowest BCUT2D eigenvalue weighted by Gasteiger charge is -2.25. The zero-order valence-electron chi connectivity index (χ0n) is 12.3. The van der Waals surface area contributed by atoms with Crippen molar-refractivity contribution in [3.8, 4) is 5.75 Å². The average molecular weight is 360 g/mol. The molecule has 0 saturated carbocycles. The number of benzene rings is 2. The first-order valence-electron chi connectivity index (χ1n) is 7.35. The third kappa shape index (κ3) is 2.39. The Morgan fingerprint density at radius 1 is 1.04 bits per heavy atom. The molecule has 0 fully saturated rings. The predicted molar refractivity (Wildman–Crippen MR) is 93.1 cm³/mol. The Labute approximate surface area is 147 Å². The third-order valence-electron chi connectivity index (χ3n) is 4.19. The van der Waals surface area contributed by atoms with Gasteiger partial charge in [-0.2, -0.15) is 0 Å². The topological polar surface area (TPSA) is 59.2 Å². The number of aromatic nitrogens is 1. The molecule has 0 amide bonds. The number of H-pyrrole nitrogens is 1. The largest absolute Gasteiger partial charge is 0.425 e. The Morgan fingerprint density at radius 2 is 1.83 bits per heavy atom. The molecule has 2 aromatic carbocycles. The highest BCUT2D eigenvalue weighted by Crippen LogP contribution is 2.41. The van der Waals surface area contributed by atoms with E-state index in [1.807, 2.05) is 18.2 Å². The summed E-state index contributed by atoms with van der Waals surface area (Å²) in [7, 11) is 0. The fourth-order valence-corrected chi connectivity index (χ4v) is 3.40. The van der Waals surface area contributed by atoms with Crippen molar-refractivity contribution in [2.45, 2.75) is 12.3 Å². The van der Waals surface area contributed by atoms with Crippen molar-refractivity contribution >= 4 is 40.1 Å². The molecule has 0 saturated heterocycles. The minimum Gasteiger partial charge on any atom is -0.425 e. The van der Waals surface area contributed by atoms with Crippen molar-refractivity contribution in [1.29, 1.82) is 0 Å². The smallest absolute Gasteiger partial charge is 0.312 e. The van der Waals surface area contributed by atoms with Crippen LogP contribution in [0.15, 0.2) is 47.3 Å². The maximum atomic E-state index is 12.6. The van der Waals surface area contributed by atoms with Gasteiger partial charge in [0.15, 0.2) is 0 Å². The number of carbonyl (C=O) groups is 1. The average Bonchev–Trinajstić information content (AvgIpc) is 2.56. The van der Waals surface area contributed by atoms with Gasteiger partial charge in [0, 0.05) is 11.3 Å². The van der Waals surface area contributed by atoms with Crippen LogP contribution in [0.5, 0.6) is 5.75 Å². The van der Waals surface area contributed by atoms with Crippen LogP contribution in [0.4, 0.5) is 0 Å². The summed E-state index contributed by atoms with van der Waals surface area (Å²) in [5.74, 6) is -0.486. The second kappa shape index (κ2) is 5.65. The number of aromatic amines is 1. The first kappa shape index (κ1) is 15.2. The monoisotopic (exact) mass is 359 g/mol. The number of esters is 1. The number of ether oxygens (including phenoxy) is 1. The molecule has 0 bridgehead atoms. The maximum Gasteiger partial charge on any atom is 0.312 e. The molecule has 4 rings (SSSR count). The third-order valence-corrected chi connectivity index (χ3v) is 4.93. The van der Waals surface area contributed by atoms with E-state index in [1.165, 1.54) is 0 Å². The van der Waals surface area contributed by atoms with Crippen LogP contribution in [0.25, 0.3) is 10.9 Å². The van der Waals surface area contributed by atoms with E-state index in [0.717, 1.165) is 5.56 Å². The molecule has 1 unspecified atom stereocenters. The zero-order chi connectivity index (χ0) is 16.8. The number of rotatable bonds is 1. The summed E-state index contributed by atoms with van der Waals surface area (Å²) < 4.78 is 5.41. The number of pyridine rings is 1. The lowest BCUT2D eigenvalue weighted by atomic mass is 9.86. The number of nitrogens with one attached hydrogen (secondary N) is 1. The van der Waals surface area contributed by atoms with E-state index in [4.69, 9.17) is 27.9 Å². The molecule has 24 heavy (non-hydrogen) atoms. The van der Waals surface area contributed by atoms with Gasteiger partial charge in [-0.1, -0.05) is 41.4 Å². The van der Waals surface area contributed by atoms with Crippen LogP contribution in [0, 0.1) is 0 Å². The van der Waals surface area contributed by atoms with Crippen molar-refractivity contribution < 1.29 is 9.53 Å². The highest BCUT2D eigenvalue weighted by atomic mass is 35.5. The van der Waals surface area contributed by atoms with Gasteiger partial charge in [-0.25, -0.2) is 0 Å². The molecule has 1 aliphatic rings. The molecule has 1 aromatic heterocycles. The lowest BCUT2D eigenvalue weighted by molar-refractivity contribution is -0.135. The Balaban J connectivity index is 2.00. The predicted octanol–water partition coefficient (Wildman–Crippen LogP) is 4.28. The van der Waals surface area contributed by atoms with Gasteiger partial charge in [-0.3, -0.25) is 9.59 Å². The van der Waals surface area contributed by atoms with Crippen molar-refractivity contribution in [1.82, 2.24) is 4.98 Å². The fourth-order valence-electron chi connectivity index (χ4n) is 3.09. The van der Waals surface area contributed by atoms with E-state index in [9.17, 15) is 9.59 Å². The summed E-state index contributed by atoms with van der Waals surface area (Å²) in [6.07, 6.45) is 0.0758. The summed E-state index contributed by atoms with van der Waals surface area (Å²) >= 11 is 12.1. The van der Waals surface area contributed by atoms with Gasteiger partial charge in [0.05, 0.1) is 27.5 Å². The van der Waals surface area contributed by atoms with Crippen LogP contribution < -0.4 is 10.3 Å². The van der Waals surface area contributed by atoms with Gasteiger partial charge < -0.3 is 9.72 Å². The van der Waals surface area contributed by atoms with Crippen molar-refractivity contribution in [3.63, 3.8) is 0 Å². The van der Waals surface area contributed by atoms with Crippen LogP contribution in [-0.4, -0.2) is 11.0 Å². The van der Waals surface area contributed by atoms with E-state index in [2.05, 4.69) is 4.98 Å². The Morgan fingerprint density at radius 3 is 2.62 bits per heavy atom. The molecule has 0 radical (unpaired) electrons. The molecule has 1 N–H and O–H groups in total. The number of halogens is 2. The number of para-hydroxylation sites is 1. The van der Waals surface area contributed by atoms with E-state index in [1.54, 1.807) is 24.3 Å². The molecule has 120 valence electrons. The molecule has 4 nitrogen and oxygen atoms in total. The normalized spacial score (nSPS) is 16.8. The molecule has 6 heteroatoms. The highest BCUT2D eigenvalue weighted by molar-refractivity contribution is 6.42. The number of hydrogen-bond acceptors (Lipinski definition) is 3. The van der Waals surface area contributed by atoms with Crippen molar-refractivity contribution in [2.24, 2.45) is 0 Å². The van der Waals surface area contributed by atoms with Crippen LogP contribution >= 0.6 is 23.2 Å². The molecule has 0 spiro atoms. The van der Waals surface area contributed by atoms with Crippen molar-refractivity contribution in [2.75, 3.05) is 0 Å². The second-order valence-corrected chi connectivity index (χ2v) is 6.46. The molecular weight excluding hydrogens is 349 g/mol. The maximum absolute atomic E-state index is 12.6. The SMILES string of the molecule is O=C1CC(c2ccc(Cl)c(Cl)c2)c2c(c3ccccc3[nH]c2=O)O1. The lowest BCUT2D eigenvalue weighted by Crippen LogP contribution is -2.28. The van der Waals surface area contributed by atoms with Gasteiger partial charge in [0.2, 0.25) is 0 Å². The van der Waals surface area contributed by atoms with Crippen LogP contribution in [-0.2, 0) is 4.79 Å². The second-order valence-electron chi connectivity index (χ2n) is 5.65. The van der Waals surface area contributed by atoms with Gasteiger partial charge in [0.25, 0.3) is 5.56 Å². The van der Waals surface area contributed by atoms with E-state index in [-0.39, 0.29) is 17.9 Å². The van der Waals surface area contributed by atoms with Crippen LogP contribution in [0.1, 0.15) is 23.5 Å². The molecule has 3 aromatic rings. The highest BCUT2D eigenvalue weighted by Gasteiger charge is 2.32. The molecule has 2 heterocycles. The molecule has 1 aliphatic heterocycles.